The minimum Gasteiger partial charge on any atom is -0.492 e. The maximum absolute atomic E-state index is 13.9. The standard InChI is InChI=1S/C19H20F2N2O3/c1-3-26-17-10-5-4-9-16(17)22-18(25)11-12-23(13(2)24)19-14(20)7-6-8-15(19)21/h4-10H,3,11-12H2,1-2H3,(H,22,25). The third-order valence-electron chi connectivity index (χ3n) is 3.61. The summed E-state index contributed by atoms with van der Waals surface area (Å²) in [5.41, 5.74) is 0.0355. The Balaban J connectivity index is 2.08. The predicted molar refractivity (Wildman–Crippen MR) is 95.2 cm³/mol. The highest BCUT2D eigenvalue weighted by molar-refractivity contribution is 5.95. The number of benzene rings is 2. The topological polar surface area (TPSA) is 58.6 Å². The highest BCUT2D eigenvalue weighted by atomic mass is 19.1. The molecule has 0 atom stereocenters. The maximum atomic E-state index is 13.9. The summed E-state index contributed by atoms with van der Waals surface area (Å²) in [5, 5.41) is 2.68. The van der Waals surface area contributed by atoms with Gasteiger partial charge in [-0.1, -0.05) is 18.2 Å². The van der Waals surface area contributed by atoms with Gasteiger partial charge in [-0.2, -0.15) is 0 Å². The molecule has 1 N–H and O–H groups in total. The van der Waals surface area contributed by atoms with E-state index in [1.807, 2.05) is 6.92 Å². The molecule has 0 aromatic heterocycles. The number of carbonyl (C=O) groups excluding carboxylic acids is 2. The van der Waals surface area contributed by atoms with Crippen molar-refractivity contribution in [3.63, 3.8) is 0 Å². The van der Waals surface area contributed by atoms with E-state index in [0.717, 1.165) is 17.0 Å². The average Bonchev–Trinajstić information content (AvgIpc) is 2.59. The Labute approximate surface area is 150 Å². The Morgan fingerprint density at radius 2 is 1.73 bits per heavy atom. The van der Waals surface area contributed by atoms with Gasteiger partial charge in [0.25, 0.3) is 0 Å². The Morgan fingerprint density at radius 1 is 1.08 bits per heavy atom. The van der Waals surface area contributed by atoms with Gasteiger partial charge in [0, 0.05) is 19.9 Å². The van der Waals surface area contributed by atoms with Crippen LogP contribution in [-0.2, 0) is 9.59 Å². The molecule has 0 spiro atoms. The number of nitrogens with zero attached hydrogens (tertiary/aromatic N) is 1. The molecule has 2 aromatic rings. The molecule has 0 bridgehead atoms. The average molecular weight is 362 g/mol. The maximum Gasteiger partial charge on any atom is 0.226 e. The third kappa shape index (κ3) is 4.78. The molecular formula is C19H20F2N2O3. The third-order valence-corrected chi connectivity index (χ3v) is 3.61. The van der Waals surface area contributed by atoms with E-state index in [4.69, 9.17) is 4.74 Å². The van der Waals surface area contributed by atoms with Gasteiger partial charge in [0.15, 0.2) is 0 Å². The number of anilines is 2. The van der Waals surface area contributed by atoms with E-state index in [0.29, 0.717) is 18.0 Å². The molecule has 0 aliphatic rings. The quantitative estimate of drug-likeness (QED) is 0.816. The molecule has 7 heteroatoms. The lowest BCUT2D eigenvalue weighted by molar-refractivity contribution is -0.117. The fraction of sp³-hybridized carbons (Fsp3) is 0.263. The zero-order valence-electron chi connectivity index (χ0n) is 14.6. The summed E-state index contributed by atoms with van der Waals surface area (Å²) in [6.45, 7) is 3.30. The van der Waals surface area contributed by atoms with Crippen LogP contribution in [0.25, 0.3) is 0 Å². The van der Waals surface area contributed by atoms with Crippen LogP contribution in [0, 0.1) is 11.6 Å². The van der Waals surface area contributed by atoms with Gasteiger partial charge >= 0.3 is 0 Å². The molecule has 0 fully saturated rings. The number of hydrogen-bond acceptors (Lipinski definition) is 3. The molecule has 0 aliphatic heterocycles. The molecule has 0 saturated carbocycles. The molecule has 2 amide bonds. The summed E-state index contributed by atoms with van der Waals surface area (Å²) >= 11 is 0. The van der Waals surface area contributed by atoms with Crippen LogP contribution in [0.2, 0.25) is 0 Å². The second-order valence-electron chi connectivity index (χ2n) is 5.47. The monoisotopic (exact) mass is 362 g/mol. The van der Waals surface area contributed by atoms with Crippen molar-refractivity contribution in [2.75, 3.05) is 23.4 Å². The number of carbonyl (C=O) groups is 2. The zero-order valence-corrected chi connectivity index (χ0v) is 14.6. The minimum atomic E-state index is -0.859. The van der Waals surface area contributed by atoms with Crippen molar-refractivity contribution in [3.05, 3.63) is 54.1 Å². The smallest absolute Gasteiger partial charge is 0.226 e. The van der Waals surface area contributed by atoms with Gasteiger partial charge in [-0.3, -0.25) is 9.59 Å². The van der Waals surface area contributed by atoms with Crippen molar-refractivity contribution in [3.8, 4) is 5.75 Å². The second kappa shape index (κ2) is 8.94. The van der Waals surface area contributed by atoms with E-state index in [1.165, 1.54) is 13.0 Å². The van der Waals surface area contributed by atoms with E-state index in [-0.39, 0.29) is 13.0 Å². The molecule has 0 radical (unpaired) electrons. The largest absolute Gasteiger partial charge is 0.492 e. The number of nitrogens with one attached hydrogen (secondary N) is 1. The molecule has 0 aliphatic carbocycles. The van der Waals surface area contributed by atoms with Gasteiger partial charge in [0.2, 0.25) is 11.8 Å². The Morgan fingerprint density at radius 3 is 2.35 bits per heavy atom. The van der Waals surface area contributed by atoms with Crippen LogP contribution in [-0.4, -0.2) is 25.0 Å². The number of para-hydroxylation sites is 3. The first-order chi connectivity index (χ1) is 12.4. The van der Waals surface area contributed by atoms with Crippen LogP contribution in [0.3, 0.4) is 0 Å². The van der Waals surface area contributed by atoms with Crippen LogP contribution in [0.1, 0.15) is 20.3 Å². The summed E-state index contributed by atoms with van der Waals surface area (Å²) in [6, 6.07) is 10.3. The summed E-state index contributed by atoms with van der Waals surface area (Å²) in [6.07, 6.45) is -0.131. The van der Waals surface area contributed by atoms with Gasteiger partial charge in [0.1, 0.15) is 23.1 Å². The molecule has 0 unspecified atom stereocenters. The molecule has 2 rings (SSSR count). The molecule has 5 nitrogen and oxygen atoms in total. The fourth-order valence-corrected chi connectivity index (χ4v) is 2.45. The van der Waals surface area contributed by atoms with Crippen LogP contribution in [0.15, 0.2) is 42.5 Å². The number of halogens is 2. The van der Waals surface area contributed by atoms with Gasteiger partial charge in [-0.05, 0) is 31.2 Å². The first-order valence-electron chi connectivity index (χ1n) is 8.17. The zero-order chi connectivity index (χ0) is 19.1. The molecule has 26 heavy (non-hydrogen) atoms. The summed E-state index contributed by atoms with van der Waals surface area (Å²) in [4.78, 5) is 24.9. The number of amides is 2. The SMILES string of the molecule is CCOc1ccccc1NC(=O)CCN(C(C)=O)c1c(F)cccc1F. The molecule has 138 valence electrons. The first kappa shape index (κ1) is 19.4. The van der Waals surface area contributed by atoms with Crippen LogP contribution < -0.4 is 15.0 Å². The minimum absolute atomic E-state index is 0.131. The summed E-state index contributed by atoms with van der Waals surface area (Å²) < 4.78 is 33.3. The van der Waals surface area contributed by atoms with Gasteiger partial charge in [-0.15, -0.1) is 0 Å². The van der Waals surface area contributed by atoms with Crippen molar-refractivity contribution < 1.29 is 23.1 Å². The first-order valence-corrected chi connectivity index (χ1v) is 8.17. The Bertz CT molecular complexity index is 776. The van der Waals surface area contributed by atoms with Gasteiger partial charge in [-0.25, -0.2) is 8.78 Å². The van der Waals surface area contributed by atoms with Crippen LogP contribution in [0.4, 0.5) is 20.2 Å². The lowest BCUT2D eigenvalue weighted by Crippen LogP contribution is -2.33. The van der Waals surface area contributed by atoms with E-state index in [1.54, 1.807) is 24.3 Å². The highest BCUT2D eigenvalue weighted by Crippen LogP contribution is 2.25. The number of hydrogen-bond donors (Lipinski definition) is 1. The molecule has 2 aromatic carbocycles. The van der Waals surface area contributed by atoms with Crippen molar-refractivity contribution in [1.82, 2.24) is 0 Å². The molecule has 0 saturated heterocycles. The van der Waals surface area contributed by atoms with E-state index in [2.05, 4.69) is 5.32 Å². The van der Waals surface area contributed by atoms with Gasteiger partial charge in [0.05, 0.1) is 12.3 Å². The van der Waals surface area contributed by atoms with Crippen molar-refractivity contribution in [2.45, 2.75) is 20.3 Å². The predicted octanol–water partition coefficient (Wildman–Crippen LogP) is 3.75. The molecule has 0 heterocycles. The van der Waals surface area contributed by atoms with Gasteiger partial charge < -0.3 is 15.0 Å². The number of ether oxygens (including phenoxy) is 1. The van der Waals surface area contributed by atoms with E-state index >= 15 is 0 Å². The number of rotatable bonds is 7. The summed E-state index contributed by atoms with van der Waals surface area (Å²) in [7, 11) is 0. The van der Waals surface area contributed by atoms with Crippen molar-refractivity contribution >= 4 is 23.2 Å². The fourth-order valence-electron chi connectivity index (χ4n) is 2.45. The van der Waals surface area contributed by atoms with Crippen LogP contribution in [0.5, 0.6) is 5.75 Å². The second-order valence-corrected chi connectivity index (χ2v) is 5.47. The Hall–Kier alpha value is -2.96. The summed E-state index contributed by atoms with van der Waals surface area (Å²) in [5.74, 6) is -2.16. The lowest BCUT2D eigenvalue weighted by Gasteiger charge is -2.22. The van der Waals surface area contributed by atoms with Crippen molar-refractivity contribution in [1.29, 1.82) is 0 Å². The Kier molecular flexibility index (Phi) is 6.66. The normalized spacial score (nSPS) is 10.3. The lowest BCUT2D eigenvalue weighted by atomic mass is 10.2. The van der Waals surface area contributed by atoms with Crippen LogP contribution >= 0.6 is 0 Å². The van der Waals surface area contributed by atoms with Crippen molar-refractivity contribution in [2.24, 2.45) is 0 Å². The van der Waals surface area contributed by atoms with E-state index < -0.39 is 29.1 Å². The molecular weight excluding hydrogens is 342 g/mol. The van der Waals surface area contributed by atoms with E-state index in [9.17, 15) is 18.4 Å². The highest BCUT2D eigenvalue weighted by Gasteiger charge is 2.21.